The van der Waals surface area contributed by atoms with Crippen LogP contribution in [0.4, 0.5) is 0 Å². The Morgan fingerprint density at radius 1 is 0.719 bits per heavy atom. The molecule has 32 heavy (non-hydrogen) atoms. The molecule has 0 saturated heterocycles. The van der Waals surface area contributed by atoms with Gasteiger partial charge in [0.2, 0.25) is 0 Å². The summed E-state index contributed by atoms with van der Waals surface area (Å²) in [4.78, 5) is 2.45. The maximum atomic E-state index is 6.07. The van der Waals surface area contributed by atoms with E-state index in [0.29, 0.717) is 10.0 Å². The highest BCUT2D eigenvalue weighted by Gasteiger charge is 2.21. The van der Waals surface area contributed by atoms with E-state index < -0.39 is 0 Å². The van der Waals surface area contributed by atoms with Crippen LogP contribution < -0.4 is 9.47 Å². The second-order valence-corrected chi connectivity index (χ2v) is 6.85. The Balaban J connectivity index is 0. The first-order valence-corrected chi connectivity index (χ1v) is 12.8. The van der Waals surface area contributed by atoms with Crippen molar-refractivity contribution in [2.24, 2.45) is 0 Å². The van der Waals surface area contributed by atoms with Crippen molar-refractivity contribution in [3.63, 3.8) is 0 Å². The Morgan fingerprint density at radius 2 is 1.19 bits per heavy atom. The molecule has 1 heterocycles. The van der Waals surface area contributed by atoms with Crippen LogP contribution >= 0.6 is 23.2 Å². The summed E-state index contributed by atoms with van der Waals surface area (Å²) in [6.07, 6.45) is 2.08. The van der Waals surface area contributed by atoms with Gasteiger partial charge in [0, 0.05) is 13.1 Å². The number of aryl methyl sites for hydroxylation is 1. The molecule has 0 bridgehead atoms. The van der Waals surface area contributed by atoms with Crippen LogP contribution in [-0.4, -0.2) is 25.7 Å². The van der Waals surface area contributed by atoms with E-state index >= 15 is 0 Å². The normalized spacial score (nSPS) is 11.1. The molecule has 0 aromatic heterocycles. The summed E-state index contributed by atoms with van der Waals surface area (Å²) in [5, 5.41) is 1.24. The van der Waals surface area contributed by atoms with Crippen molar-refractivity contribution in [1.29, 1.82) is 0 Å². The van der Waals surface area contributed by atoms with Crippen LogP contribution in [0.15, 0.2) is 30.3 Å². The maximum absolute atomic E-state index is 6.07. The number of ether oxygens (including phenoxy) is 2. The van der Waals surface area contributed by atoms with Gasteiger partial charge in [-0.05, 0) is 60.3 Å². The van der Waals surface area contributed by atoms with E-state index in [-0.39, 0.29) is 0 Å². The minimum absolute atomic E-state index is 0.610. The molecule has 0 atom stereocenters. The van der Waals surface area contributed by atoms with Gasteiger partial charge in [0.1, 0.15) is 0 Å². The molecule has 0 aliphatic carbocycles. The third-order valence-corrected chi connectivity index (χ3v) is 5.16. The summed E-state index contributed by atoms with van der Waals surface area (Å²) in [6, 6.07) is 10.0. The average molecular weight is 487 g/mol. The van der Waals surface area contributed by atoms with Crippen LogP contribution in [0.1, 0.15) is 78.5 Å². The van der Waals surface area contributed by atoms with E-state index in [1.807, 2.05) is 73.6 Å². The molecule has 0 saturated carbocycles. The van der Waals surface area contributed by atoms with Crippen molar-refractivity contribution in [2.45, 2.75) is 81.3 Å². The van der Waals surface area contributed by atoms with E-state index in [1.165, 1.54) is 16.7 Å². The van der Waals surface area contributed by atoms with Gasteiger partial charge in [-0.1, -0.05) is 84.7 Å². The third kappa shape index (κ3) is 10.5. The van der Waals surface area contributed by atoms with Crippen LogP contribution in [0.2, 0.25) is 10.0 Å². The molecule has 184 valence electrons. The number of nitrogens with zero attached hydrogens (tertiary/aromatic N) is 1. The minimum Gasteiger partial charge on any atom is -0.493 e. The number of benzene rings is 2. The summed E-state index contributed by atoms with van der Waals surface area (Å²) >= 11 is 12.0. The predicted molar refractivity (Wildman–Crippen MR) is 144 cm³/mol. The van der Waals surface area contributed by atoms with Gasteiger partial charge in [-0.3, -0.25) is 4.90 Å². The third-order valence-electron chi connectivity index (χ3n) is 4.42. The van der Waals surface area contributed by atoms with Gasteiger partial charge in [-0.15, -0.1) is 0 Å². The summed E-state index contributed by atoms with van der Waals surface area (Å²) in [6.45, 7) is 19.0. The van der Waals surface area contributed by atoms with Crippen molar-refractivity contribution in [3.8, 4) is 11.5 Å². The van der Waals surface area contributed by atoms with Gasteiger partial charge in [-0.25, -0.2) is 0 Å². The molecule has 0 radical (unpaired) electrons. The van der Waals surface area contributed by atoms with Crippen molar-refractivity contribution in [3.05, 3.63) is 57.1 Å². The fourth-order valence-electron chi connectivity index (χ4n) is 3.16. The number of methoxy groups -OCH3 is 2. The van der Waals surface area contributed by atoms with Crippen LogP contribution in [0.3, 0.4) is 0 Å². The van der Waals surface area contributed by atoms with Crippen molar-refractivity contribution in [2.75, 3.05) is 20.8 Å². The van der Waals surface area contributed by atoms with Crippen LogP contribution in [0.5, 0.6) is 11.5 Å². The fourth-order valence-corrected chi connectivity index (χ4v) is 3.48. The Bertz CT molecular complexity index is 703. The van der Waals surface area contributed by atoms with Crippen molar-refractivity contribution >= 4 is 23.2 Å². The van der Waals surface area contributed by atoms with E-state index in [2.05, 4.69) is 17.0 Å². The van der Waals surface area contributed by atoms with Crippen LogP contribution in [0, 0.1) is 0 Å². The van der Waals surface area contributed by atoms with Crippen LogP contribution in [-0.2, 0) is 19.5 Å². The molecule has 3 rings (SSSR count). The van der Waals surface area contributed by atoms with E-state index in [4.69, 9.17) is 32.7 Å². The zero-order valence-electron chi connectivity index (χ0n) is 21.9. The molecule has 2 aromatic carbocycles. The second-order valence-electron chi connectivity index (χ2n) is 6.04. The van der Waals surface area contributed by atoms with Gasteiger partial charge in [0.05, 0.1) is 24.3 Å². The molecule has 1 aliphatic rings. The maximum Gasteiger partial charge on any atom is 0.161 e. The summed E-state index contributed by atoms with van der Waals surface area (Å²) in [5.74, 6) is 1.60. The fraction of sp³-hybridized carbons (Fsp3) is 0.556. The lowest BCUT2D eigenvalue weighted by molar-refractivity contribution is 0.280. The van der Waals surface area contributed by atoms with E-state index in [1.54, 1.807) is 14.2 Å². The average Bonchev–Trinajstić information content (AvgIpc) is 3.27. The molecule has 0 spiro atoms. The Morgan fingerprint density at radius 3 is 1.59 bits per heavy atom. The first-order valence-electron chi connectivity index (χ1n) is 12.0. The number of hydrogen-bond donors (Lipinski definition) is 0. The van der Waals surface area contributed by atoms with Crippen molar-refractivity contribution in [1.82, 2.24) is 4.90 Å². The molecular formula is C27H45Cl2NO2. The lowest BCUT2D eigenvalue weighted by Gasteiger charge is -2.14. The Hall–Kier alpha value is -1.42. The molecule has 5 heteroatoms. The van der Waals surface area contributed by atoms with Gasteiger partial charge in [0.25, 0.3) is 0 Å². The smallest absolute Gasteiger partial charge is 0.161 e. The quantitative estimate of drug-likeness (QED) is 0.406. The zero-order chi connectivity index (χ0) is 25.1. The van der Waals surface area contributed by atoms with E-state index in [9.17, 15) is 0 Å². The molecule has 0 fully saturated rings. The molecule has 0 unspecified atom stereocenters. The number of fused-ring (bicyclic) bond motifs is 1. The number of rotatable bonds is 6. The van der Waals surface area contributed by atoms with Gasteiger partial charge in [-0.2, -0.15) is 0 Å². The number of halogens is 2. The SMILES string of the molecule is CC.CC.CC.CC.COc1cc2c(cc1OC)CN(CCCc1ccc(Cl)c(Cl)c1)C2. The first-order chi connectivity index (χ1) is 15.6. The molecule has 3 nitrogen and oxygen atoms in total. The highest BCUT2D eigenvalue weighted by molar-refractivity contribution is 6.42. The van der Waals surface area contributed by atoms with E-state index in [0.717, 1.165) is 44.0 Å². The van der Waals surface area contributed by atoms with Gasteiger partial charge in [0.15, 0.2) is 11.5 Å². The lowest BCUT2D eigenvalue weighted by Crippen LogP contribution is -2.18. The highest BCUT2D eigenvalue weighted by atomic mass is 35.5. The highest BCUT2D eigenvalue weighted by Crippen LogP contribution is 2.35. The van der Waals surface area contributed by atoms with Gasteiger partial charge < -0.3 is 9.47 Å². The zero-order valence-corrected chi connectivity index (χ0v) is 23.5. The summed E-state index contributed by atoms with van der Waals surface area (Å²) in [5.41, 5.74) is 3.87. The topological polar surface area (TPSA) is 21.7 Å². The Labute approximate surface area is 208 Å². The predicted octanol–water partition coefficient (Wildman–Crippen LogP) is 9.06. The van der Waals surface area contributed by atoms with Crippen LogP contribution in [0.25, 0.3) is 0 Å². The first kappa shape index (κ1) is 32.8. The Kier molecular flexibility index (Phi) is 20.7. The van der Waals surface area contributed by atoms with Crippen molar-refractivity contribution < 1.29 is 9.47 Å². The largest absolute Gasteiger partial charge is 0.493 e. The lowest BCUT2D eigenvalue weighted by atomic mass is 10.1. The standard InChI is InChI=1S/C19H21Cl2NO2.4C2H6/c1-23-18-9-14-11-22(12-15(14)10-19(18)24-2)7-3-4-13-5-6-16(20)17(21)8-13;4*1-2/h5-6,8-10H,3-4,7,11-12H2,1-2H3;4*1-2H3. The van der Waals surface area contributed by atoms with Gasteiger partial charge >= 0.3 is 0 Å². The monoisotopic (exact) mass is 485 g/mol. The molecule has 0 N–H and O–H groups in total. The molecule has 1 aliphatic heterocycles. The molecular weight excluding hydrogens is 441 g/mol. The summed E-state index contributed by atoms with van der Waals surface area (Å²) in [7, 11) is 3.35. The number of hydrogen-bond acceptors (Lipinski definition) is 3. The minimum atomic E-state index is 0.610. The second kappa shape index (κ2) is 20.2. The summed E-state index contributed by atoms with van der Waals surface area (Å²) < 4.78 is 10.8. The molecule has 2 aromatic rings. The molecule has 0 amide bonds.